The van der Waals surface area contributed by atoms with Crippen LogP contribution >= 0.6 is 0 Å². The van der Waals surface area contributed by atoms with Crippen molar-refractivity contribution in [3.63, 3.8) is 0 Å². The summed E-state index contributed by atoms with van der Waals surface area (Å²) in [4.78, 5) is 0. The molecule has 3 heterocycles. The van der Waals surface area contributed by atoms with Crippen molar-refractivity contribution >= 4 is 56.3 Å². The monoisotopic (exact) mass is 535 g/mol. The zero-order chi connectivity index (χ0) is 27.9. The fourth-order valence-electron chi connectivity index (χ4n) is 6.16. The van der Waals surface area contributed by atoms with Crippen molar-refractivity contribution in [2.45, 2.75) is 38.9 Å². The lowest BCUT2D eigenvalue weighted by Crippen LogP contribution is -2.41. The van der Waals surface area contributed by atoms with Crippen LogP contribution in [-0.4, -0.2) is 22.9 Å². The Labute approximate surface area is 239 Å². The Morgan fingerprint density at radius 1 is 0.585 bits per heavy atom. The van der Waals surface area contributed by atoms with Crippen molar-refractivity contribution in [3.05, 3.63) is 109 Å². The highest BCUT2D eigenvalue weighted by Crippen LogP contribution is 2.39. The Bertz CT molecular complexity index is 2100. The van der Waals surface area contributed by atoms with E-state index in [2.05, 4.69) is 129 Å². The van der Waals surface area contributed by atoms with Gasteiger partial charge in [-0.25, -0.2) is 0 Å². The molecule has 1 fully saturated rings. The second-order valence-electron chi connectivity index (χ2n) is 12.0. The van der Waals surface area contributed by atoms with Gasteiger partial charge in [-0.2, -0.15) is 0 Å². The second kappa shape index (κ2) is 8.59. The largest absolute Gasteiger partial charge is 0.494 e. The van der Waals surface area contributed by atoms with Crippen LogP contribution in [0, 0.1) is 0 Å². The third kappa shape index (κ3) is 3.63. The highest BCUT2D eigenvalue weighted by molar-refractivity contribution is 6.62. The average molecular weight is 535 g/mol. The minimum Gasteiger partial charge on any atom is -0.455 e. The van der Waals surface area contributed by atoms with Gasteiger partial charge in [0.25, 0.3) is 0 Å². The zero-order valence-electron chi connectivity index (χ0n) is 23.6. The topological polar surface area (TPSA) is 36.5 Å². The fourth-order valence-corrected chi connectivity index (χ4v) is 6.16. The van der Waals surface area contributed by atoms with E-state index >= 15 is 0 Å². The van der Waals surface area contributed by atoms with Crippen LogP contribution in [0.3, 0.4) is 0 Å². The van der Waals surface area contributed by atoms with Crippen LogP contribution in [0.25, 0.3) is 60.6 Å². The van der Waals surface area contributed by atoms with Gasteiger partial charge in [-0.1, -0.05) is 78.9 Å². The summed E-state index contributed by atoms with van der Waals surface area (Å²) >= 11 is 0. The van der Waals surface area contributed by atoms with Crippen LogP contribution in [0.1, 0.15) is 27.7 Å². The van der Waals surface area contributed by atoms with Gasteiger partial charge in [-0.05, 0) is 69.1 Å². The molecule has 0 spiro atoms. The Hall–Kier alpha value is -4.32. The predicted octanol–water partition coefficient (Wildman–Crippen LogP) is 8.65. The van der Waals surface area contributed by atoms with Crippen molar-refractivity contribution in [3.8, 4) is 16.8 Å². The molecule has 1 aliphatic heterocycles. The first-order valence-corrected chi connectivity index (χ1v) is 14.2. The summed E-state index contributed by atoms with van der Waals surface area (Å²) in [7, 11) is -0.397. The van der Waals surface area contributed by atoms with Crippen molar-refractivity contribution in [1.29, 1.82) is 0 Å². The molecule has 8 rings (SSSR count). The molecule has 0 atom stereocenters. The van der Waals surface area contributed by atoms with E-state index in [1.54, 1.807) is 0 Å². The fraction of sp³-hybridized carbons (Fsp3) is 0.167. The summed E-state index contributed by atoms with van der Waals surface area (Å²) in [6, 6.07) is 38.5. The maximum atomic E-state index is 6.37. The third-order valence-corrected chi connectivity index (χ3v) is 9.06. The maximum absolute atomic E-state index is 6.37. The summed E-state index contributed by atoms with van der Waals surface area (Å²) in [5.41, 5.74) is 7.77. The Kier molecular flexibility index (Phi) is 5.13. The van der Waals surface area contributed by atoms with Crippen molar-refractivity contribution < 1.29 is 13.7 Å². The molecular weight excluding hydrogens is 505 g/mol. The molecule has 1 saturated heterocycles. The van der Waals surface area contributed by atoms with E-state index in [1.165, 1.54) is 16.3 Å². The number of nitrogens with zero attached hydrogens (tertiary/aromatic N) is 1. The van der Waals surface area contributed by atoms with E-state index in [9.17, 15) is 0 Å². The minimum absolute atomic E-state index is 0.380. The Morgan fingerprint density at radius 2 is 1.24 bits per heavy atom. The van der Waals surface area contributed by atoms with E-state index in [1.807, 2.05) is 12.1 Å². The molecule has 7 aromatic rings. The first kappa shape index (κ1) is 24.5. The van der Waals surface area contributed by atoms with Gasteiger partial charge in [0.15, 0.2) is 0 Å². The van der Waals surface area contributed by atoms with E-state index < -0.39 is 7.12 Å². The lowest BCUT2D eigenvalue weighted by Gasteiger charge is -2.32. The standard InChI is InChI=1S/C36H30BNO3/c1-35(2)36(3,4)41-37(40-35)24-18-21-32-30(22-24)27-10-5-7-14-31(27)38(32)25-19-16-23(17-20-25)26-12-9-13-29-28-11-6-8-15-33(28)39-34(26)29/h5-22H,1-4H3. The van der Waals surface area contributed by atoms with Crippen LogP contribution < -0.4 is 5.46 Å². The quantitative estimate of drug-likeness (QED) is 0.213. The molecule has 1 aliphatic rings. The van der Waals surface area contributed by atoms with E-state index in [-0.39, 0.29) is 11.2 Å². The third-order valence-electron chi connectivity index (χ3n) is 9.06. The molecule has 0 radical (unpaired) electrons. The smallest absolute Gasteiger partial charge is 0.455 e. The van der Waals surface area contributed by atoms with Crippen molar-refractivity contribution in [2.75, 3.05) is 0 Å². The van der Waals surface area contributed by atoms with Crippen molar-refractivity contribution in [1.82, 2.24) is 4.57 Å². The molecule has 0 saturated carbocycles. The van der Waals surface area contributed by atoms with Gasteiger partial charge >= 0.3 is 7.12 Å². The zero-order valence-corrected chi connectivity index (χ0v) is 23.6. The van der Waals surface area contributed by atoms with Crippen LogP contribution in [0.2, 0.25) is 0 Å². The highest BCUT2D eigenvalue weighted by atomic mass is 16.7. The van der Waals surface area contributed by atoms with E-state index in [0.29, 0.717) is 0 Å². The summed E-state index contributed by atoms with van der Waals surface area (Å²) in [5, 5.41) is 4.68. The number of aromatic nitrogens is 1. The number of fused-ring (bicyclic) bond motifs is 6. The van der Waals surface area contributed by atoms with E-state index in [4.69, 9.17) is 13.7 Å². The van der Waals surface area contributed by atoms with Crippen LogP contribution in [0.5, 0.6) is 0 Å². The van der Waals surface area contributed by atoms with Gasteiger partial charge < -0.3 is 18.3 Å². The number of para-hydroxylation sites is 3. The minimum atomic E-state index is -0.397. The number of benzene rings is 5. The summed E-state index contributed by atoms with van der Waals surface area (Å²) in [6.07, 6.45) is 0. The summed E-state index contributed by atoms with van der Waals surface area (Å²) < 4.78 is 21.4. The van der Waals surface area contributed by atoms with Crippen LogP contribution in [-0.2, 0) is 9.31 Å². The lowest BCUT2D eigenvalue weighted by molar-refractivity contribution is 0.00578. The van der Waals surface area contributed by atoms with Gasteiger partial charge in [0.2, 0.25) is 0 Å². The Morgan fingerprint density at radius 3 is 2.02 bits per heavy atom. The number of furan rings is 1. The van der Waals surface area contributed by atoms with Gasteiger partial charge in [-0.3, -0.25) is 0 Å². The molecular formula is C36H30BNO3. The second-order valence-corrected chi connectivity index (χ2v) is 12.0. The average Bonchev–Trinajstić information content (AvgIpc) is 3.59. The van der Waals surface area contributed by atoms with Crippen LogP contribution in [0.15, 0.2) is 114 Å². The molecule has 0 amide bonds. The number of hydrogen-bond donors (Lipinski definition) is 0. The maximum Gasteiger partial charge on any atom is 0.494 e. The van der Waals surface area contributed by atoms with Gasteiger partial charge in [-0.15, -0.1) is 0 Å². The predicted molar refractivity (Wildman–Crippen MR) is 169 cm³/mol. The number of rotatable bonds is 3. The van der Waals surface area contributed by atoms with Crippen LogP contribution in [0.4, 0.5) is 0 Å². The molecule has 200 valence electrons. The molecule has 5 aromatic carbocycles. The molecule has 41 heavy (non-hydrogen) atoms. The first-order chi connectivity index (χ1) is 19.8. The molecule has 0 unspecified atom stereocenters. The van der Waals surface area contributed by atoms with Gasteiger partial charge in [0.05, 0.1) is 22.2 Å². The summed E-state index contributed by atoms with van der Waals surface area (Å²) in [5.74, 6) is 0. The highest BCUT2D eigenvalue weighted by Gasteiger charge is 2.51. The molecule has 5 heteroatoms. The van der Waals surface area contributed by atoms with Gasteiger partial charge in [0, 0.05) is 32.8 Å². The van der Waals surface area contributed by atoms with E-state index in [0.717, 1.165) is 49.7 Å². The molecule has 0 aliphatic carbocycles. The molecule has 0 bridgehead atoms. The Balaban J connectivity index is 1.23. The SMILES string of the molecule is CC1(C)OB(c2ccc3c(c2)c2ccccc2n3-c2ccc(-c3cccc4c3oc3ccccc34)cc2)OC1(C)C. The normalized spacial score (nSPS) is 16.4. The molecule has 0 N–H and O–H groups in total. The lowest BCUT2D eigenvalue weighted by atomic mass is 9.78. The summed E-state index contributed by atoms with van der Waals surface area (Å²) in [6.45, 7) is 8.37. The van der Waals surface area contributed by atoms with Crippen molar-refractivity contribution in [2.24, 2.45) is 0 Å². The molecule has 2 aromatic heterocycles. The van der Waals surface area contributed by atoms with Gasteiger partial charge in [0.1, 0.15) is 11.2 Å². The number of hydrogen-bond acceptors (Lipinski definition) is 3. The first-order valence-electron chi connectivity index (χ1n) is 14.2. The molecule has 4 nitrogen and oxygen atoms in total.